The van der Waals surface area contributed by atoms with Crippen molar-refractivity contribution in [1.29, 1.82) is 0 Å². The van der Waals surface area contributed by atoms with Crippen LogP contribution in [0.5, 0.6) is 0 Å². The van der Waals surface area contributed by atoms with Crippen molar-refractivity contribution in [3.05, 3.63) is 113 Å². The number of piperidine rings is 1. The first kappa shape index (κ1) is 34.5. The number of rotatable bonds is 7. The molecule has 5 aromatic rings. The van der Waals surface area contributed by atoms with Crippen LogP contribution in [0, 0.1) is 12.8 Å². The lowest BCUT2D eigenvalue weighted by Crippen LogP contribution is -2.39. The fourth-order valence-electron chi connectivity index (χ4n) is 5.96. The molecule has 0 aliphatic carbocycles. The molecule has 0 unspecified atom stereocenters. The van der Waals surface area contributed by atoms with Gasteiger partial charge in [-0.3, -0.25) is 10.1 Å². The Balaban J connectivity index is 1.08. The van der Waals surface area contributed by atoms with Gasteiger partial charge < -0.3 is 14.6 Å². The summed E-state index contributed by atoms with van der Waals surface area (Å²) >= 11 is 0. The number of nitrogens with one attached hydrogen (secondary N) is 2. The van der Waals surface area contributed by atoms with Crippen LogP contribution in [0.1, 0.15) is 66.7 Å². The molecule has 9 nitrogen and oxygen atoms in total. The van der Waals surface area contributed by atoms with E-state index in [0.717, 1.165) is 22.5 Å². The molecular weight excluding hydrogens is 645 g/mol. The zero-order valence-electron chi connectivity index (χ0n) is 28.3. The normalized spacial score (nSPS) is 14.1. The largest absolute Gasteiger partial charge is 0.452 e. The zero-order chi connectivity index (χ0) is 35.6. The number of anilines is 2. The van der Waals surface area contributed by atoms with E-state index in [1.165, 1.54) is 4.90 Å². The van der Waals surface area contributed by atoms with Crippen LogP contribution in [0.2, 0.25) is 0 Å². The molecule has 0 atom stereocenters. The summed E-state index contributed by atoms with van der Waals surface area (Å²) in [7, 11) is 0. The second kappa shape index (κ2) is 13.9. The molecule has 1 aliphatic heterocycles. The lowest BCUT2D eigenvalue weighted by molar-refractivity contribution is -0.153. The second-order valence-electron chi connectivity index (χ2n) is 13.7. The Morgan fingerprint density at radius 1 is 0.900 bits per heavy atom. The summed E-state index contributed by atoms with van der Waals surface area (Å²) in [4.78, 5) is 31.8. The van der Waals surface area contributed by atoms with Gasteiger partial charge in [-0.2, -0.15) is 18.3 Å². The summed E-state index contributed by atoms with van der Waals surface area (Å²) in [5.41, 5.74) is 3.80. The summed E-state index contributed by atoms with van der Waals surface area (Å²) in [5, 5.41) is 10.6. The Labute approximate surface area is 288 Å². The number of halogens is 3. The van der Waals surface area contributed by atoms with Gasteiger partial charge in [0, 0.05) is 35.8 Å². The van der Waals surface area contributed by atoms with E-state index >= 15 is 0 Å². The summed E-state index contributed by atoms with van der Waals surface area (Å²) in [6.07, 6.45) is -2.97. The van der Waals surface area contributed by atoms with Crippen molar-refractivity contribution in [3.63, 3.8) is 0 Å². The highest BCUT2D eigenvalue weighted by Gasteiger charge is 2.43. The molecule has 2 N–H and O–H groups in total. The monoisotopic (exact) mass is 684 g/mol. The molecule has 260 valence electrons. The third-order valence-electron chi connectivity index (χ3n) is 8.72. The van der Waals surface area contributed by atoms with E-state index in [1.54, 1.807) is 35.0 Å². The third kappa shape index (κ3) is 7.90. The number of benzene rings is 3. The van der Waals surface area contributed by atoms with Crippen LogP contribution in [0.3, 0.4) is 0 Å². The van der Waals surface area contributed by atoms with E-state index in [4.69, 9.17) is 9.52 Å². The molecule has 0 spiro atoms. The molecule has 12 heteroatoms. The molecule has 2 aromatic heterocycles. The highest BCUT2D eigenvalue weighted by molar-refractivity contribution is 5.99. The average Bonchev–Trinajstić information content (AvgIpc) is 3.72. The van der Waals surface area contributed by atoms with Crippen molar-refractivity contribution in [1.82, 2.24) is 19.7 Å². The van der Waals surface area contributed by atoms with E-state index in [-0.39, 0.29) is 17.2 Å². The molecule has 0 saturated carbocycles. The minimum atomic E-state index is -4.86. The van der Waals surface area contributed by atoms with Crippen LogP contribution >= 0.6 is 0 Å². The molecule has 3 amide bonds. The maximum Gasteiger partial charge on any atom is 0.452 e. The molecule has 1 fully saturated rings. The number of alkyl halides is 3. The smallest absolute Gasteiger partial charge is 0.431 e. The fraction of sp³-hybridized carbons (Fsp3) is 0.316. The maximum atomic E-state index is 13.8. The van der Waals surface area contributed by atoms with Crippen LogP contribution in [-0.2, 0) is 18.0 Å². The highest BCUT2D eigenvalue weighted by Crippen LogP contribution is 2.36. The van der Waals surface area contributed by atoms with Gasteiger partial charge in [0.2, 0.25) is 11.7 Å². The highest BCUT2D eigenvalue weighted by atomic mass is 19.4. The maximum absolute atomic E-state index is 13.8. The van der Waals surface area contributed by atoms with Gasteiger partial charge in [0.15, 0.2) is 5.69 Å². The number of aryl methyl sites for hydroxylation is 1. The number of hydrogen-bond acceptors (Lipinski definition) is 5. The summed E-state index contributed by atoms with van der Waals surface area (Å²) < 4.78 is 48.3. The predicted octanol–water partition coefficient (Wildman–Crippen LogP) is 8.89. The van der Waals surface area contributed by atoms with Gasteiger partial charge in [-0.25, -0.2) is 14.5 Å². The summed E-state index contributed by atoms with van der Waals surface area (Å²) in [6.45, 7) is 8.78. The molecule has 6 rings (SSSR count). The van der Waals surface area contributed by atoms with Gasteiger partial charge in [-0.1, -0.05) is 68.8 Å². The first-order valence-electron chi connectivity index (χ1n) is 16.5. The Bertz CT molecular complexity index is 1970. The summed E-state index contributed by atoms with van der Waals surface area (Å²) in [6, 6.07) is 25.1. The van der Waals surface area contributed by atoms with Crippen LogP contribution < -0.4 is 10.6 Å². The first-order valence-corrected chi connectivity index (χ1v) is 16.5. The predicted molar refractivity (Wildman–Crippen MR) is 185 cm³/mol. The van der Waals surface area contributed by atoms with Gasteiger partial charge in [-0.05, 0) is 74.1 Å². The van der Waals surface area contributed by atoms with E-state index in [0.29, 0.717) is 49.4 Å². The molecule has 1 saturated heterocycles. The lowest BCUT2D eigenvalue weighted by Gasteiger charge is -2.31. The van der Waals surface area contributed by atoms with E-state index in [9.17, 15) is 22.8 Å². The van der Waals surface area contributed by atoms with Crippen LogP contribution in [0.15, 0.2) is 89.3 Å². The Hall–Kier alpha value is -5.39. The molecule has 50 heavy (non-hydrogen) atoms. The van der Waals surface area contributed by atoms with Crippen molar-refractivity contribution in [2.75, 3.05) is 23.7 Å². The van der Waals surface area contributed by atoms with Gasteiger partial charge in [0.25, 0.3) is 5.91 Å². The van der Waals surface area contributed by atoms with Gasteiger partial charge >= 0.3 is 12.2 Å². The molecule has 0 bridgehead atoms. The number of likely N-dealkylation sites (tertiary alicyclic amines) is 1. The standard InChI is InChI=1S/C38H39F3N6O3/c1-24-13-15-29(16-14-24)47-31(23-30(45-47)37(2,3)4)43-36(49)42-28-12-8-9-26(22-28)21-25-17-19-46(20-18-25)35(48)32-33(38(39,40)41)50-34(44-32)27-10-6-5-7-11-27/h5-16,22-23,25H,17-21H2,1-4H3,(H2,42,43,49). The number of carbonyl (C=O) groups excluding carboxylic acids is 2. The van der Waals surface area contributed by atoms with E-state index in [1.807, 2.05) is 61.5 Å². The minimum Gasteiger partial charge on any atom is -0.431 e. The Morgan fingerprint density at radius 3 is 2.26 bits per heavy atom. The minimum absolute atomic E-state index is 0.196. The molecule has 0 radical (unpaired) electrons. The van der Waals surface area contributed by atoms with Gasteiger partial charge in [0.1, 0.15) is 5.82 Å². The van der Waals surface area contributed by atoms with E-state index < -0.39 is 29.6 Å². The fourth-order valence-corrected chi connectivity index (χ4v) is 5.96. The number of oxazole rings is 1. The van der Waals surface area contributed by atoms with Crippen molar-refractivity contribution < 1.29 is 27.2 Å². The van der Waals surface area contributed by atoms with Crippen molar-refractivity contribution in [2.24, 2.45) is 5.92 Å². The third-order valence-corrected chi connectivity index (χ3v) is 8.72. The average molecular weight is 685 g/mol. The number of hydrogen-bond donors (Lipinski definition) is 2. The molecule has 3 heterocycles. The van der Waals surface area contributed by atoms with Crippen molar-refractivity contribution in [3.8, 4) is 17.1 Å². The van der Waals surface area contributed by atoms with Gasteiger partial charge in [-0.15, -0.1) is 0 Å². The molecule has 3 aromatic carbocycles. The first-order chi connectivity index (χ1) is 23.7. The van der Waals surface area contributed by atoms with Crippen LogP contribution in [0.4, 0.5) is 29.5 Å². The number of carbonyl (C=O) groups is 2. The quantitative estimate of drug-likeness (QED) is 0.178. The molecule has 1 aliphatic rings. The van der Waals surface area contributed by atoms with Crippen LogP contribution in [-0.4, -0.2) is 44.7 Å². The topological polar surface area (TPSA) is 105 Å². The van der Waals surface area contributed by atoms with Crippen molar-refractivity contribution >= 4 is 23.4 Å². The number of amides is 3. The van der Waals surface area contributed by atoms with Crippen molar-refractivity contribution in [2.45, 2.75) is 58.5 Å². The van der Waals surface area contributed by atoms with E-state index in [2.05, 4.69) is 36.4 Å². The van der Waals surface area contributed by atoms with Gasteiger partial charge in [0.05, 0.1) is 11.4 Å². The van der Waals surface area contributed by atoms with Crippen LogP contribution in [0.25, 0.3) is 17.1 Å². The Kier molecular flexibility index (Phi) is 9.55. The SMILES string of the molecule is Cc1ccc(-n2nc(C(C)(C)C)cc2NC(=O)Nc2cccc(CC3CCN(C(=O)c4nc(-c5ccccc5)oc4C(F)(F)F)CC3)c2)cc1. The Morgan fingerprint density at radius 2 is 1.60 bits per heavy atom. The summed E-state index contributed by atoms with van der Waals surface area (Å²) in [5.74, 6) is -1.69. The molecular formula is C38H39F3N6O3. The second-order valence-corrected chi connectivity index (χ2v) is 13.7. The number of urea groups is 1. The number of aromatic nitrogens is 3. The lowest BCUT2D eigenvalue weighted by atomic mass is 9.90. The number of nitrogens with zero attached hydrogens (tertiary/aromatic N) is 4. The zero-order valence-corrected chi connectivity index (χ0v) is 28.3.